The Morgan fingerprint density at radius 2 is 1.88 bits per heavy atom. The summed E-state index contributed by atoms with van der Waals surface area (Å²) in [4.78, 5) is 26.8. The lowest BCUT2D eigenvalue weighted by Gasteiger charge is -2.08. The Morgan fingerprint density at radius 3 is 2.47 bits per heavy atom. The summed E-state index contributed by atoms with van der Waals surface area (Å²) >= 11 is 0. The Morgan fingerprint density at radius 1 is 1.24 bits per heavy atom. The molecule has 0 aliphatic rings. The molecule has 0 atom stereocenters. The minimum atomic E-state index is -2.74. The van der Waals surface area contributed by atoms with Crippen molar-refractivity contribution in [1.29, 1.82) is 0 Å². The number of pyridine rings is 1. The monoisotopic (exact) mass is 241 g/mol. The first-order valence-electron chi connectivity index (χ1n) is 4.77. The molecule has 2 aromatic heterocycles. The summed E-state index contributed by atoms with van der Waals surface area (Å²) in [6.07, 6.45) is -1.67. The summed E-state index contributed by atoms with van der Waals surface area (Å²) in [6.45, 7) is 0. The van der Waals surface area contributed by atoms with Crippen LogP contribution in [0.15, 0.2) is 21.9 Å². The van der Waals surface area contributed by atoms with E-state index in [2.05, 4.69) is 4.98 Å². The highest BCUT2D eigenvalue weighted by atomic mass is 19.3. The second-order valence-corrected chi connectivity index (χ2v) is 3.63. The molecular weight excluding hydrogens is 232 g/mol. The molecule has 0 saturated heterocycles. The normalized spacial score (nSPS) is 11.4. The van der Waals surface area contributed by atoms with Crippen LogP contribution in [0.5, 0.6) is 0 Å². The van der Waals surface area contributed by atoms with Gasteiger partial charge in [0.1, 0.15) is 5.69 Å². The van der Waals surface area contributed by atoms with E-state index >= 15 is 0 Å². The summed E-state index contributed by atoms with van der Waals surface area (Å²) in [5.41, 5.74) is -1.41. The highest BCUT2D eigenvalue weighted by molar-refractivity contribution is 5.77. The van der Waals surface area contributed by atoms with Crippen molar-refractivity contribution in [3.05, 3.63) is 38.8 Å². The van der Waals surface area contributed by atoms with Crippen molar-refractivity contribution in [2.75, 3.05) is 0 Å². The van der Waals surface area contributed by atoms with Crippen molar-refractivity contribution in [3.63, 3.8) is 0 Å². The summed E-state index contributed by atoms with van der Waals surface area (Å²) in [7, 11) is 2.74. The van der Waals surface area contributed by atoms with Crippen LogP contribution in [0.25, 0.3) is 10.9 Å². The first-order chi connectivity index (χ1) is 7.93. The number of alkyl halides is 2. The molecular formula is C10H9F2N3O2. The van der Waals surface area contributed by atoms with Gasteiger partial charge >= 0.3 is 5.69 Å². The van der Waals surface area contributed by atoms with Crippen LogP contribution in [-0.4, -0.2) is 14.1 Å². The van der Waals surface area contributed by atoms with Crippen LogP contribution in [0.3, 0.4) is 0 Å². The fourth-order valence-corrected chi connectivity index (χ4v) is 1.62. The van der Waals surface area contributed by atoms with Crippen LogP contribution >= 0.6 is 0 Å². The zero-order chi connectivity index (χ0) is 12.7. The highest BCUT2D eigenvalue weighted by Gasteiger charge is 2.13. The van der Waals surface area contributed by atoms with Gasteiger partial charge < -0.3 is 0 Å². The molecule has 2 heterocycles. The number of hydrogen-bond donors (Lipinski definition) is 0. The minimum absolute atomic E-state index is 0.138. The van der Waals surface area contributed by atoms with Gasteiger partial charge in [0.2, 0.25) is 0 Å². The maximum atomic E-state index is 12.5. The molecule has 0 saturated carbocycles. The van der Waals surface area contributed by atoms with E-state index in [1.165, 1.54) is 14.1 Å². The van der Waals surface area contributed by atoms with E-state index in [1.54, 1.807) is 0 Å². The molecule has 0 unspecified atom stereocenters. The molecule has 5 nitrogen and oxygen atoms in total. The highest BCUT2D eigenvalue weighted by Crippen LogP contribution is 2.18. The summed E-state index contributed by atoms with van der Waals surface area (Å²) < 4.78 is 27.0. The average molecular weight is 241 g/mol. The van der Waals surface area contributed by atoms with E-state index in [0.717, 1.165) is 21.4 Å². The molecule has 0 aliphatic carbocycles. The molecule has 7 heteroatoms. The number of aryl methyl sites for hydroxylation is 1. The van der Waals surface area contributed by atoms with Gasteiger partial charge in [0.25, 0.3) is 12.0 Å². The molecule has 0 spiro atoms. The molecule has 90 valence electrons. The van der Waals surface area contributed by atoms with Gasteiger partial charge in [-0.2, -0.15) is 0 Å². The fraction of sp³-hybridized carbons (Fsp3) is 0.300. The van der Waals surface area contributed by atoms with Crippen LogP contribution in [0.1, 0.15) is 12.1 Å². The molecule has 2 aromatic rings. The van der Waals surface area contributed by atoms with Gasteiger partial charge in [-0.15, -0.1) is 0 Å². The van der Waals surface area contributed by atoms with Crippen molar-refractivity contribution in [2.45, 2.75) is 6.43 Å². The van der Waals surface area contributed by atoms with Crippen molar-refractivity contribution < 1.29 is 8.78 Å². The van der Waals surface area contributed by atoms with Crippen LogP contribution in [0.4, 0.5) is 8.78 Å². The Hall–Kier alpha value is -2.05. The standard InChI is InChI=1S/C10H9F2N3O2/c1-14-7-3-6(8(11)12)13-4-5(7)9(16)15(2)10(14)17/h3-4,8H,1-2H3. The number of hydrogen-bond acceptors (Lipinski definition) is 3. The second-order valence-electron chi connectivity index (χ2n) is 3.63. The molecule has 0 N–H and O–H groups in total. The van der Waals surface area contributed by atoms with E-state index in [9.17, 15) is 18.4 Å². The smallest absolute Gasteiger partial charge is 0.296 e. The maximum Gasteiger partial charge on any atom is 0.330 e. The third kappa shape index (κ3) is 1.63. The maximum absolute atomic E-state index is 12.5. The van der Waals surface area contributed by atoms with Gasteiger partial charge in [0, 0.05) is 20.3 Å². The SMILES string of the molecule is Cn1c(=O)c2cnc(C(F)F)cc2n(C)c1=O. The van der Waals surface area contributed by atoms with Crippen molar-refractivity contribution in [1.82, 2.24) is 14.1 Å². The van der Waals surface area contributed by atoms with Crippen molar-refractivity contribution >= 4 is 10.9 Å². The molecule has 2 rings (SSSR count). The number of rotatable bonds is 1. The van der Waals surface area contributed by atoms with Gasteiger partial charge in [-0.1, -0.05) is 0 Å². The number of aromatic nitrogens is 3. The Labute approximate surface area is 93.9 Å². The van der Waals surface area contributed by atoms with E-state index < -0.39 is 23.4 Å². The van der Waals surface area contributed by atoms with Crippen LogP contribution in [-0.2, 0) is 14.1 Å². The van der Waals surface area contributed by atoms with Gasteiger partial charge in [-0.25, -0.2) is 13.6 Å². The Balaban J connectivity index is 2.97. The zero-order valence-corrected chi connectivity index (χ0v) is 9.15. The van der Waals surface area contributed by atoms with Gasteiger partial charge in [-0.3, -0.25) is 18.9 Å². The third-order valence-corrected chi connectivity index (χ3v) is 2.60. The predicted octanol–water partition coefficient (Wildman–Crippen LogP) is 0.570. The van der Waals surface area contributed by atoms with Crippen molar-refractivity contribution in [2.24, 2.45) is 14.1 Å². The lowest BCUT2D eigenvalue weighted by atomic mass is 10.2. The molecule has 0 fully saturated rings. The first-order valence-corrected chi connectivity index (χ1v) is 4.77. The molecule has 0 aliphatic heterocycles. The molecule has 0 amide bonds. The van der Waals surface area contributed by atoms with Crippen LogP contribution < -0.4 is 11.2 Å². The quantitative estimate of drug-likeness (QED) is 0.733. The van der Waals surface area contributed by atoms with E-state index in [0.29, 0.717) is 0 Å². The van der Waals surface area contributed by atoms with Crippen molar-refractivity contribution in [3.8, 4) is 0 Å². The summed E-state index contributed by atoms with van der Waals surface area (Å²) in [6, 6.07) is 1.06. The molecule has 0 bridgehead atoms. The first kappa shape index (κ1) is 11.4. The zero-order valence-electron chi connectivity index (χ0n) is 9.15. The average Bonchev–Trinajstić information content (AvgIpc) is 2.32. The largest absolute Gasteiger partial charge is 0.330 e. The Bertz CT molecular complexity index is 703. The van der Waals surface area contributed by atoms with E-state index in [1.807, 2.05) is 0 Å². The predicted molar refractivity (Wildman–Crippen MR) is 57.2 cm³/mol. The molecule has 17 heavy (non-hydrogen) atoms. The van der Waals surface area contributed by atoms with Crippen LogP contribution in [0.2, 0.25) is 0 Å². The number of nitrogens with zero attached hydrogens (tertiary/aromatic N) is 3. The Kier molecular flexibility index (Phi) is 2.53. The van der Waals surface area contributed by atoms with Crippen LogP contribution in [0, 0.1) is 0 Å². The molecule has 0 radical (unpaired) electrons. The third-order valence-electron chi connectivity index (χ3n) is 2.60. The van der Waals surface area contributed by atoms with E-state index in [-0.39, 0.29) is 10.9 Å². The van der Waals surface area contributed by atoms with Gasteiger partial charge in [0.05, 0.1) is 10.9 Å². The fourth-order valence-electron chi connectivity index (χ4n) is 1.62. The van der Waals surface area contributed by atoms with Gasteiger partial charge in [-0.05, 0) is 6.07 Å². The second kappa shape index (κ2) is 3.76. The molecule has 0 aromatic carbocycles. The lowest BCUT2D eigenvalue weighted by Crippen LogP contribution is -2.37. The number of fused-ring (bicyclic) bond motifs is 1. The van der Waals surface area contributed by atoms with Gasteiger partial charge in [0.15, 0.2) is 0 Å². The van der Waals surface area contributed by atoms with E-state index in [4.69, 9.17) is 0 Å². The number of halogens is 2. The lowest BCUT2D eigenvalue weighted by molar-refractivity contribution is 0.146. The summed E-state index contributed by atoms with van der Waals surface area (Å²) in [5.74, 6) is 0. The summed E-state index contributed by atoms with van der Waals surface area (Å²) in [5, 5.41) is 0.138. The minimum Gasteiger partial charge on any atom is -0.296 e. The topological polar surface area (TPSA) is 56.9 Å².